The van der Waals surface area contributed by atoms with Gasteiger partial charge in [-0.25, -0.2) is 0 Å². The van der Waals surface area contributed by atoms with Gasteiger partial charge in [-0.2, -0.15) is 9.64 Å². The van der Waals surface area contributed by atoms with Crippen LogP contribution in [0.15, 0.2) is 18.2 Å². The molecular weight excluding hydrogens is 246 g/mol. The molecule has 0 spiro atoms. The van der Waals surface area contributed by atoms with Crippen LogP contribution in [-0.4, -0.2) is 11.5 Å². The van der Waals surface area contributed by atoms with E-state index in [1.54, 1.807) is 7.11 Å². The van der Waals surface area contributed by atoms with Crippen molar-refractivity contribution in [2.24, 2.45) is 0 Å². The van der Waals surface area contributed by atoms with Crippen LogP contribution in [0.25, 0.3) is 0 Å². The molecule has 5 heteroatoms. The maximum absolute atomic E-state index is 9.07. The average molecular weight is 259 g/mol. The third-order valence-corrected chi connectivity index (χ3v) is 3.51. The highest BCUT2D eigenvalue weighted by molar-refractivity contribution is 7.10. The molecule has 0 amide bonds. The van der Waals surface area contributed by atoms with Gasteiger partial charge >= 0.3 is 0 Å². The first kappa shape index (κ1) is 12.4. The molecular formula is C13H13N3OS. The SMILES string of the molecule is COc1ccc(Nc2snc(C)c2C#N)c(C)c1. The number of nitrogens with one attached hydrogen (secondary N) is 1. The summed E-state index contributed by atoms with van der Waals surface area (Å²) < 4.78 is 9.34. The molecule has 0 fully saturated rings. The van der Waals surface area contributed by atoms with Crippen LogP contribution in [0.4, 0.5) is 10.7 Å². The second-order valence-corrected chi connectivity index (χ2v) is 4.66. The smallest absolute Gasteiger partial charge is 0.132 e. The zero-order chi connectivity index (χ0) is 13.1. The summed E-state index contributed by atoms with van der Waals surface area (Å²) in [6, 6.07) is 7.93. The number of methoxy groups -OCH3 is 1. The molecule has 0 aliphatic carbocycles. The highest BCUT2D eigenvalue weighted by Gasteiger charge is 2.11. The van der Waals surface area contributed by atoms with E-state index in [1.807, 2.05) is 32.0 Å². The van der Waals surface area contributed by atoms with Gasteiger partial charge in [0.2, 0.25) is 0 Å². The van der Waals surface area contributed by atoms with Gasteiger partial charge in [-0.1, -0.05) is 0 Å². The average Bonchev–Trinajstić information content (AvgIpc) is 2.72. The highest BCUT2D eigenvalue weighted by atomic mass is 32.1. The Hall–Kier alpha value is -2.06. The largest absolute Gasteiger partial charge is 0.497 e. The summed E-state index contributed by atoms with van der Waals surface area (Å²) >= 11 is 1.30. The van der Waals surface area contributed by atoms with Crippen LogP contribution >= 0.6 is 11.5 Å². The summed E-state index contributed by atoms with van der Waals surface area (Å²) in [5, 5.41) is 13.1. The monoisotopic (exact) mass is 259 g/mol. The Morgan fingerprint density at radius 1 is 1.39 bits per heavy atom. The molecule has 0 bridgehead atoms. The number of aryl methyl sites for hydroxylation is 2. The number of aromatic nitrogens is 1. The van der Waals surface area contributed by atoms with E-state index in [0.29, 0.717) is 5.56 Å². The number of anilines is 2. The minimum absolute atomic E-state index is 0.607. The van der Waals surface area contributed by atoms with Crippen molar-refractivity contribution in [3.8, 4) is 11.8 Å². The van der Waals surface area contributed by atoms with E-state index in [9.17, 15) is 0 Å². The summed E-state index contributed by atoms with van der Waals surface area (Å²) in [5.41, 5.74) is 3.38. The van der Waals surface area contributed by atoms with Crippen molar-refractivity contribution in [1.29, 1.82) is 5.26 Å². The Bertz CT molecular complexity index is 613. The number of hydrogen-bond donors (Lipinski definition) is 1. The number of hydrogen-bond acceptors (Lipinski definition) is 5. The molecule has 18 heavy (non-hydrogen) atoms. The third kappa shape index (κ3) is 2.29. The maximum Gasteiger partial charge on any atom is 0.132 e. The van der Waals surface area contributed by atoms with Gasteiger partial charge in [0, 0.05) is 5.69 Å². The maximum atomic E-state index is 9.07. The van der Waals surface area contributed by atoms with Gasteiger partial charge in [-0.15, -0.1) is 0 Å². The normalized spacial score (nSPS) is 9.89. The molecule has 0 aliphatic heterocycles. The lowest BCUT2D eigenvalue weighted by molar-refractivity contribution is 0.414. The standard InChI is InChI=1S/C13H13N3OS/c1-8-6-10(17-3)4-5-12(8)15-13-11(7-14)9(2)16-18-13/h4-6,15H,1-3H3. The van der Waals surface area contributed by atoms with Crippen molar-refractivity contribution in [2.45, 2.75) is 13.8 Å². The highest BCUT2D eigenvalue weighted by Crippen LogP contribution is 2.30. The molecule has 1 N–H and O–H groups in total. The topological polar surface area (TPSA) is 57.9 Å². The molecule has 1 aromatic carbocycles. The number of nitrogens with zero attached hydrogens (tertiary/aromatic N) is 2. The van der Waals surface area contributed by atoms with E-state index >= 15 is 0 Å². The van der Waals surface area contributed by atoms with E-state index in [4.69, 9.17) is 10.00 Å². The van der Waals surface area contributed by atoms with Gasteiger partial charge in [0.25, 0.3) is 0 Å². The molecule has 0 radical (unpaired) electrons. The second kappa shape index (κ2) is 5.07. The zero-order valence-corrected chi connectivity index (χ0v) is 11.3. The Kier molecular flexibility index (Phi) is 3.49. The number of benzene rings is 1. The molecule has 0 atom stereocenters. The Balaban J connectivity index is 2.32. The molecule has 1 aromatic heterocycles. The summed E-state index contributed by atoms with van der Waals surface area (Å²) in [7, 11) is 1.64. The lowest BCUT2D eigenvalue weighted by Crippen LogP contribution is -1.94. The van der Waals surface area contributed by atoms with Crippen LogP contribution in [0.2, 0.25) is 0 Å². The Morgan fingerprint density at radius 3 is 2.78 bits per heavy atom. The molecule has 4 nitrogen and oxygen atoms in total. The first-order valence-corrected chi connectivity index (χ1v) is 6.21. The van der Waals surface area contributed by atoms with Crippen LogP contribution in [0.5, 0.6) is 5.75 Å². The molecule has 0 saturated heterocycles. The van der Waals surface area contributed by atoms with Gasteiger partial charge in [-0.3, -0.25) is 0 Å². The van der Waals surface area contributed by atoms with Crippen molar-refractivity contribution < 1.29 is 4.74 Å². The zero-order valence-electron chi connectivity index (χ0n) is 10.4. The number of rotatable bonds is 3. The van der Waals surface area contributed by atoms with Crippen LogP contribution in [0, 0.1) is 25.2 Å². The van der Waals surface area contributed by atoms with Crippen molar-refractivity contribution in [3.05, 3.63) is 35.0 Å². The van der Waals surface area contributed by atoms with E-state index in [2.05, 4.69) is 15.8 Å². The van der Waals surface area contributed by atoms with Crippen LogP contribution in [0.1, 0.15) is 16.8 Å². The Labute approximate surface area is 110 Å². The van der Waals surface area contributed by atoms with E-state index in [0.717, 1.165) is 27.7 Å². The van der Waals surface area contributed by atoms with Crippen LogP contribution in [-0.2, 0) is 0 Å². The van der Waals surface area contributed by atoms with Gasteiger partial charge in [0.15, 0.2) is 0 Å². The van der Waals surface area contributed by atoms with Crippen molar-refractivity contribution >= 4 is 22.2 Å². The van der Waals surface area contributed by atoms with Crippen molar-refractivity contribution in [3.63, 3.8) is 0 Å². The fourth-order valence-corrected chi connectivity index (χ4v) is 2.37. The Morgan fingerprint density at radius 2 is 2.17 bits per heavy atom. The fraction of sp³-hybridized carbons (Fsp3) is 0.231. The molecule has 0 unspecified atom stereocenters. The first-order valence-electron chi connectivity index (χ1n) is 5.43. The number of ether oxygens (including phenoxy) is 1. The van der Waals surface area contributed by atoms with Gasteiger partial charge in [-0.05, 0) is 49.1 Å². The van der Waals surface area contributed by atoms with Gasteiger partial charge in [0.1, 0.15) is 22.4 Å². The van der Waals surface area contributed by atoms with E-state index in [-0.39, 0.29) is 0 Å². The van der Waals surface area contributed by atoms with Gasteiger partial charge < -0.3 is 10.1 Å². The molecule has 2 rings (SSSR count). The molecule has 1 heterocycles. The third-order valence-electron chi connectivity index (χ3n) is 2.66. The van der Waals surface area contributed by atoms with E-state index < -0.39 is 0 Å². The van der Waals surface area contributed by atoms with Crippen LogP contribution < -0.4 is 10.1 Å². The summed E-state index contributed by atoms with van der Waals surface area (Å²) in [6.45, 7) is 3.83. The lowest BCUT2D eigenvalue weighted by atomic mass is 10.2. The van der Waals surface area contributed by atoms with Gasteiger partial charge in [0.05, 0.1) is 12.8 Å². The lowest BCUT2D eigenvalue weighted by Gasteiger charge is -2.09. The fourth-order valence-electron chi connectivity index (χ4n) is 1.61. The van der Waals surface area contributed by atoms with Crippen molar-refractivity contribution in [2.75, 3.05) is 12.4 Å². The molecule has 0 saturated carbocycles. The predicted molar refractivity (Wildman–Crippen MR) is 72.6 cm³/mol. The second-order valence-electron chi connectivity index (χ2n) is 3.89. The van der Waals surface area contributed by atoms with E-state index in [1.165, 1.54) is 11.5 Å². The quantitative estimate of drug-likeness (QED) is 0.918. The summed E-state index contributed by atoms with van der Waals surface area (Å²) in [5.74, 6) is 0.819. The minimum atomic E-state index is 0.607. The van der Waals surface area contributed by atoms with Crippen molar-refractivity contribution in [1.82, 2.24) is 4.37 Å². The summed E-state index contributed by atoms with van der Waals surface area (Å²) in [6.07, 6.45) is 0. The predicted octanol–water partition coefficient (Wildman–Crippen LogP) is 3.38. The molecule has 92 valence electrons. The molecule has 2 aromatic rings. The minimum Gasteiger partial charge on any atom is -0.497 e. The number of nitriles is 1. The van der Waals surface area contributed by atoms with Crippen LogP contribution in [0.3, 0.4) is 0 Å². The summed E-state index contributed by atoms with van der Waals surface area (Å²) in [4.78, 5) is 0. The first-order chi connectivity index (χ1) is 8.65. The molecule has 0 aliphatic rings.